The molecule has 0 amide bonds. The minimum atomic E-state index is -0.385. The van der Waals surface area contributed by atoms with Crippen LogP contribution in [0.2, 0.25) is 0 Å². The first-order chi connectivity index (χ1) is 28.2. The molecule has 0 fully saturated rings. The molecule has 0 N–H and O–H groups in total. The molecule has 0 spiro atoms. The molecule has 0 radical (unpaired) electrons. The Hall–Kier alpha value is -7.22. The Balaban J connectivity index is 1.08. The summed E-state index contributed by atoms with van der Waals surface area (Å²) in [6.07, 6.45) is -0.385. The summed E-state index contributed by atoms with van der Waals surface area (Å²) >= 11 is 1.73. The van der Waals surface area contributed by atoms with Gasteiger partial charge in [0.2, 0.25) is 0 Å². The lowest BCUT2D eigenvalue weighted by atomic mass is 10.00. The third-order valence-corrected chi connectivity index (χ3v) is 11.9. The van der Waals surface area contributed by atoms with Gasteiger partial charge < -0.3 is 9.32 Å². The lowest BCUT2D eigenvalue weighted by Gasteiger charge is -2.33. The van der Waals surface area contributed by atoms with Gasteiger partial charge in [0.05, 0.1) is 21.5 Å². The van der Waals surface area contributed by atoms with Crippen molar-refractivity contribution in [2.45, 2.75) is 6.17 Å². The molecule has 3 aromatic heterocycles. The smallest absolute Gasteiger partial charge is 0.164 e. The van der Waals surface area contributed by atoms with Gasteiger partial charge in [-0.05, 0) is 29.3 Å². The highest BCUT2D eigenvalue weighted by Crippen LogP contribution is 2.43. The van der Waals surface area contributed by atoms with E-state index in [1.54, 1.807) is 11.3 Å². The second-order valence-electron chi connectivity index (χ2n) is 14.2. The zero-order valence-corrected chi connectivity index (χ0v) is 31.7. The number of thiophene rings is 1. The summed E-state index contributed by atoms with van der Waals surface area (Å²) in [5, 5.41) is 3.12. The lowest BCUT2D eigenvalue weighted by molar-refractivity contribution is 0.385. The molecule has 7 aromatic carbocycles. The summed E-state index contributed by atoms with van der Waals surface area (Å²) in [7, 11) is 2.08. The summed E-state index contributed by atoms with van der Waals surface area (Å²) in [5.74, 6) is 2.16. The van der Waals surface area contributed by atoms with Crippen LogP contribution in [0.5, 0.6) is 0 Å². The van der Waals surface area contributed by atoms with Crippen LogP contribution in [-0.4, -0.2) is 33.6 Å². The SMILES string of the molecule is CN1C(c2ccc(-c3ccccc3)cc2)=NC(c2ccccc2)=NC1c1cccc2oc3c(-c4nc(-c5ccccc5)c5sc6ccccc6c5n4)cccc3c12. The van der Waals surface area contributed by atoms with Gasteiger partial charge in [-0.1, -0.05) is 158 Å². The number of hydrogen-bond donors (Lipinski definition) is 0. The summed E-state index contributed by atoms with van der Waals surface area (Å²) in [6, 6.07) is 60.6. The molecule has 10 aromatic rings. The number of hydrogen-bond acceptors (Lipinski definition) is 7. The van der Waals surface area contributed by atoms with E-state index in [2.05, 4.69) is 151 Å². The molecule has 1 atom stereocenters. The average molecular weight is 752 g/mol. The normalized spacial score (nSPS) is 14.4. The minimum absolute atomic E-state index is 0.385. The molecule has 0 saturated heterocycles. The fraction of sp³-hybridized carbons (Fsp3) is 0.0400. The summed E-state index contributed by atoms with van der Waals surface area (Å²) in [6.45, 7) is 0. The fourth-order valence-electron chi connectivity index (χ4n) is 8.01. The van der Waals surface area contributed by atoms with Crippen LogP contribution in [0.1, 0.15) is 22.9 Å². The third kappa shape index (κ3) is 5.62. The first-order valence-corrected chi connectivity index (χ1v) is 19.8. The number of aliphatic imine (C=N–C) groups is 2. The number of aromatic nitrogens is 2. The molecule has 270 valence electrons. The van der Waals surface area contributed by atoms with Crippen molar-refractivity contribution in [3.05, 3.63) is 193 Å². The molecule has 1 aliphatic heterocycles. The highest BCUT2D eigenvalue weighted by Gasteiger charge is 2.30. The maximum absolute atomic E-state index is 6.83. The number of rotatable bonds is 6. The summed E-state index contributed by atoms with van der Waals surface area (Å²) in [5.41, 5.74) is 10.6. The van der Waals surface area contributed by atoms with E-state index in [-0.39, 0.29) is 6.17 Å². The molecule has 0 bridgehead atoms. The third-order valence-electron chi connectivity index (χ3n) is 10.8. The largest absolute Gasteiger partial charge is 0.455 e. The Labute approximate surface area is 332 Å². The molecule has 57 heavy (non-hydrogen) atoms. The monoisotopic (exact) mass is 751 g/mol. The van der Waals surface area contributed by atoms with Gasteiger partial charge in [-0.25, -0.2) is 20.0 Å². The molecule has 7 heteroatoms. The van der Waals surface area contributed by atoms with Gasteiger partial charge in [-0.15, -0.1) is 11.3 Å². The van der Waals surface area contributed by atoms with Gasteiger partial charge >= 0.3 is 0 Å². The zero-order valence-electron chi connectivity index (χ0n) is 30.9. The molecule has 11 rings (SSSR count). The van der Waals surface area contributed by atoms with Crippen LogP contribution < -0.4 is 0 Å². The van der Waals surface area contributed by atoms with Crippen molar-refractivity contribution in [3.8, 4) is 33.8 Å². The van der Waals surface area contributed by atoms with E-state index in [4.69, 9.17) is 24.4 Å². The van der Waals surface area contributed by atoms with Crippen molar-refractivity contribution in [3.63, 3.8) is 0 Å². The Morgan fingerprint density at radius 2 is 1.19 bits per heavy atom. The molecular formula is C50H33N5OS. The van der Waals surface area contributed by atoms with E-state index in [1.165, 1.54) is 10.3 Å². The Bertz CT molecular complexity index is 3190. The van der Waals surface area contributed by atoms with Crippen LogP contribution in [0.4, 0.5) is 0 Å². The van der Waals surface area contributed by atoms with Crippen molar-refractivity contribution in [2.75, 3.05) is 7.05 Å². The van der Waals surface area contributed by atoms with Crippen LogP contribution in [0.15, 0.2) is 190 Å². The average Bonchev–Trinajstić information content (AvgIpc) is 3.86. The number of amidine groups is 2. The first-order valence-electron chi connectivity index (χ1n) is 19.0. The van der Waals surface area contributed by atoms with Crippen LogP contribution in [-0.2, 0) is 0 Å². The van der Waals surface area contributed by atoms with E-state index in [1.807, 2.05) is 36.4 Å². The van der Waals surface area contributed by atoms with Crippen LogP contribution in [0.25, 0.3) is 76.0 Å². The molecule has 6 nitrogen and oxygen atoms in total. The highest BCUT2D eigenvalue weighted by molar-refractivity contribution is 7.26. The first kappa shape index (κ1) is 33.1. The number of para-hydroxylation sites is 1. The molecule has 0 saturated carbocycles. The highest BCUT2D eigenvalue weighted by atomic mass is 32.1. The standard InChI is InChI=1S/C50H33N5OS/c1-55-49(35-29-27-32(28-30-35)31-15-5-2-6-16-31)53-47(34-19-9-4-10-20-34)54-50(55)38-23-14-25-40-42(38)37-22-13-24-39(45(37)56-40)48-51-43(33-17-7-3-8-18-33)46-44(52-48)36-21-11-12-26-41(36)57-46/h2-30,50H,1H3. The second-order valence-corrected chi connectivity index (χ2v) is 15.3. The van der Waals surface area contributed by atoms with Crippen molar-refractivity contribution in [2.24, 2.45) is 9.98 Å². The zero-order chi connectivity index (χ0) is 37.9. The van der Waals surface area contributed by atoms with E-state index >= 15 is 0 Å². The van der Waals surface area contributed by atoms with Crippen LogP contribution >= 0.6 is 11.3 Å². The van der Waals surface area contributed by atoms with Crippen molar-refractivity contribution >= 4 is 65.2 Å². The van der Waals surface area contributed by atoms with E-state index in [9.17, 15) is 0 Å². The van der Waals surface area contributed by atoms with E-state index in [0.717, 1.165) is 82.5 Å². The van der Waals surface area contributed by atoms with E-state index in [0.29, 0.717) is 11.7 Å². The van der Waals surface area contributed by atoms with Gasteiger partial charge in [0.1, 0.15) is 17.0 Å². The van der Waals surface area contributed by atoms with Crippen molar-refractivity contribution < 1.29 is 4.42 Å². The molecule has 4 heterocycles. The predicted octanol–water partition coefficient (Wildman–Crippen LogP) is 12.6. The van der Waals surface area contributed by atoms with Gasteiger partial charge in [0.15, 0.2) is 17.8 Å². The van der Waals surface area contributed by atoms with Crippen LogP contribution in [0.3, 0.4) is 0 Å². The molecule has 1 aliphatic rings. The Kier molecular flexibility index (Phi) is 7.86. The van der Waals surface area contributed by atoms with Crippen LogP contribution in [0, 0.1) is 0 Å². The lowest BCUT2D eigenvalue weighted by Crippen LogP contribution is -2.35. The van der Waals surface area contributed by atoms with Gasteiger partial charge in [-0.2, -0.15) is 0 Å². The number of nitrogens with zero attached hydrogens (tertiary/aromatic N) is 5. The Morgan fingerprint density at radius 1 is 0.561 bits per heavy atom. The minimum Gasteiger partial charge on any atom is -0.455 e. The van der Waals surface area contributed by atoms with Crippen molar-refractivity contribution in [1.29, 1.82) is 0 Å². The topological polar surface area (TPSA) is 66.9 Å². The molecule has 1 unspecified atom stereocenters. The Morgan fingerprint density at radius 3 is 1.96 bits per heavy atom. The van der Waals surface area contributed by atoms with Crippen molar-refractivity contribution in [1.82, 2.24) is 14.9 Å². The molecule has 0 aliphatic carbocycles. The molecular weight excluding hydrogens is 719 g/mol. The number of fused-ring (bicyclic) bond motifs is 6. The van der Waals surface area contributed by atoms with Gasteiger partial charge in [-0.3, -0.25) is 0 Å². The maximum Gasteiger partial charge on any atom is 0.164 e. The summed E-state index contributed by atoms with van der Waals surface area (Å²) < 4.78 is 9.09. The number of benzene rings is 7. The second kappa shape index (κ2) is 13.5. The van der Waals surface area contributed by atoms with E-state index < -0.39 is 0 Å². The quantitative estimate of drug-likeness (QED) is 0.170. The summed E-state index contributed by atoms with van der Waals surface area (Å²) in [4.78, 5) is 23.3. The van der Waals surface area contributed by atoms with Gasteiger partial charge in [0, 0.05) is 50.2 Å². The maximum atomic E-state index is 6.83. The number of furan rings is 1. The van der Waals surface area contributed by atoms with Gasteiger partial charge in [0.25, 0.3) is 0 Å². The fourth-order valence-corrected chi connectivity index (χ4v) is 9.16. The predicted molar refractivity (Wildman–Crippen MR) is 235 cm³/mol.